The lowest BCUT2D eigenvalue weighted by Crippen LogP contribution is -2.43. The van der Waals surface area contributed by atoms with Gasteiger partial charge in [-0.1, -0.05) is 6.92 Å². The van der Waals surface area contributed by atoms with E-state index < -0.39 is 0 Å². The highest BCUT2D eigenvalue weighted by Crippen LogP contribution is 2.23. The number of hydrogen-bond acceptors (Lipinski definition) is 5. The molecule has 3 rings (SSSR count). The quantitative estimate of drug-likeness (QED) is 0.751. The van der Waals surface area contributed by atoms with E-state index in [9.17, 15) is 9.59 Å². The number of anilines is 2. The molecule has 0 aliphatic carbocycles. The Balaban J connectivity index is 1.71. The maximum Gasteiger partial charge on any atom is 0.338 e. The van der Waals surface area contributed by atoms with E-state index in [0.29, 0.717) is 23.8 Å². The number of carbonyl (C=O) groups is 2. The van der Waals surface area contributed by atoms with Crippen molar-refractivity contribution >= 4 is 23.3 Å². The van der Waals surface area contributed by atoms with Gasteiger partial charge in [-0.15, -0.1) is 0 Å². The number of amides is 1. The molecule has 1 aromatic heterocycles. The van der Waals surface area contributed by atoms with Crippen LogP contribution in [-0.2, 0) is 4.74 Å². The second kappa shape index (κ2) is 9.35. The molecule has 1 saturated heterocycles. The molecular formula is C22H27N3O3. The van der Waals surface area contributed by atoms with Crippen LogP contribution in [0.15, 0.2) is 42.7 Å². The number of esters is 1. The number of nitrogens with zero attached hydrogens (tertiary/aromatic N) is 2. The molecule has 1 aliphatic rings. The summed E-state index contributed by atoms with van der Waals surface area (Å²) in [4.78, 5) is 30.9. The van der Waals surface area contributed by atoms with Crippen molar-refractivity contribution < 1.29 is 14.3 Å². The highest BCUT2D eigenvalue weighted by atomic mass is 16.5. The molecule has 6 nitrogen and oxygen atoms in total. The summed E-state index contributed by atoms with van der Waals surface area (Å²) in [7, 11) is 0. The van der Waals surface area contributed by atoms with E-state index in [1.54, 1.807) is 43.6 Å². The molecule has 2 aromatic rings. The van der Waals surface area contributed by atoms with Gasteiger partial charge < -0.3 is 15.0 Å². The Morgan fingerprint density at radius 3 is 2.61 bits per heavy atom. The molecule has 2 heterocycles. The first-order valence-corrected chi connectivity index (χ1v) is 9.92. The molecule has 1 unspecified atom stereocenters. The number of hydrogen-bond donors (Lipinski definition) is 1. The van der Waals surface area contributed by atoms with Gasteiger partial charge in [0.2, 0.25) is 0 Å². The number of rotatable bonds is 6. The number of aromatic nitrogens is 1. The lowest BCUT2D eigenvalue weighted by Gasteiger charge is -2.35. The largest absolute Gasteiger partial charge is 0.462 e. The van der Waals surface area contributed by atoms with Crippen LogP contribution in [-0.4, -0.2) is 41.0 Å². The third-order valence-corrected chi connectivity index (χ3v) is 5.03. The monoisotopic (exact) mass is 381 g/mol. The van der Waals surface area contributed by atoms with Crippen LogP contribution in [0.1, 0.15) is 60.2 Å². The van der Waals surface area contributed by atoms with Gasteiger partial charge in [-0.2, -0.15) is 0 Å². The summed E-state index contributed by atoms with van der Waals surface area (Å²) < 4.78 is 4.99. The summed E-state index contributed by atoms with van der Waals surface area (Å²) >= 11 is 0. The number of pyridine rings is 1. The number of piperidine rings is 1. The zero-order valence-electron chi connectivity index (χ0n) is 16.5. The molecule has 1 aromatic carbocycles. The summed E-state index contributed by atoms with van der Waals surface area (Å²) in [5.41, 5.74) is 2.64. The Hall–Kier alpha value is -2.89. The Bertz CT molecular complexity index is 820. The Morgan fingerprint density at radius 1 is 1.11 bits per heavy atom. The number of likely N-dealkylation sites (tertiary alicyclic amines) is 1. The summed E-state index contributed by atoms with van der Waals surface area (Å²) in [6.45, 7) is 5.07. The van der Waals surface area contributed by atoms with Crippen molar-refractivity contribution in [3.8, 4) is 0 Å². The normalized spacial score (nSPS) is 16.5. The van der Waals surface area contributed by atoms with Crippen molar-refractivity contribution in [3.63, 3.8) is 0 Å². The van der Waals surface area contributed by atoms with Crippen LogP contribution in [0, 0.1) is 0 Å². The molecule has 1 atom stereocenters. The highest BCUT2D eigenvalue weighted by molar-refractivity contribution is 5.95. The number of benzene rings is 1. The smallest absolute Gasteiger partial charge is 0.338 e. The molecule has 0 radical (unpaired) electrons. The van der Waals surface area contributed by atoms with Gasteiger partial charge in [0.15, 0.2) is 0 Å². The van der Waals surface area contributed by atoms with Crippen LogP contribution in [0.25, 0.3) is 0 Å². The number of nitrogens with one attached hydrogen (secondary N) is 1. The van der Waals surface area contributed by atoms with E-state index in [4.69, 9.17) is 4.74 Å². The fraction of sp³-hybridized carbons (Fsp3) is 0.409. The van der Waals surface area contributed by atoms with Gasteiger partial charge in [0.05, 0.1) is 29.6 Å². The van der Waals surface area contributed by atoms with Gasteiger partial charge >= 0.3 is 5.97 Å². The summed E-state index contributed by atoms with van der Waals surface area (Å²) in [6.07, 6.45) is 7.59. The molecule has 6 heteroatoms. The molecule has 0 spiro atoms. The molecule has 148 valence electrons. The molecular weight excluding hydrogens is 354 g/mol. The Kier molecular flexibility index (Phi) is 6.63. The molecule has 1 N–H and O–H groups in total. The van der Waals surface area contributed by atoms with Crippen LogP contribution in [0.2, 0.25) is 0 Å². The van der Waals surface area contributed by atoms with Crippen LogP contribution in [0.3, 0.4) is 0 Å². The van der Waals surface area contributed by atoms with Crippen LogP contribution in [0.4, 0.5) is 11.4 Å². The third-order valence-electron chi connectivity index (χ3n) is 5.03. The van der Waals surface area contributed by atoms with Crippen molar-refractivity contribution in [3.05, 3.63) is 53.9 Å². The van der Waals surface area contributed by atoms with Gasteiger partial charge in [-0.3, -0.25) is 9.78 Å². The zero-order valence-corrected chi connectivity index (χ0v) is 16.5. The average Bonchev–Trinajstić information content (AvgIpc) is 2.74. The van der Waals surface area contributed by atoms with Gasteiger partial charge in [0.25, 0.3) is 5.91 Å². The molecule has 1 aliphatic heterocycles. The highest BCUT2D eigenvalue weighted by Gasteiger charge is 2.26. The van der Waals surface area contributed by atoms with E-state index >= 15 is 0 Å². The maximum atomic E-state index is 13.0. The fourth-order valence-electron chi connectivity index (χ4n) is 3.55. The van der Waals surface area contributed by atoms with Crippen LogP contribution < -0.4 is 5.32 Å². The second-order valence-electron chi connectivity index (χ2n) is 6.94. The number of carbonyl (C=O) groups excluding carboxylic acids is 2. The van der Waals surface area contributed by atoms with E-state index in [0.717, 1.165) is 37.2 Å². The van der Waals surface area contributed by atoms with Crippen molar-refractivity contribution in [2.45, 2.75) is 45.6 Å². The van der Waals surface area contributed by atoms with Crippen LogP contribution >= 0.6 is 0 Å². The van der Waals surface area contributed by atoms with Gasteiger partial charge in [0.1, 0.15) is 0 Å². The molecule has 28 heavy (non-hydrogen) atoms. The molecule has 0 bridgehead atoms. The van der Waals surface area contributed by atoms with E-state index in [-0.39, 0.29) is 11.9 Å². The third kappa shape index (κ3) is 4.68. The Labute approximate surface area is 165 Å². The minimum absolute atomic E-state index is 0.0420. The summed E-state index contributed by atoms with van der Waals surface area (Å²) in [5.74, 6) is -0.296. The van der Waals surface area contributed by atoms with Crippen molar-refractivity contribution in [1.82, 2.24) is 9.88 Å². The topological polar surface area (TPSA) is 71.5 Å². The summed E-state index contributed by atoms with van der Waals surface area (Å²) in [5, 5.41) is 3.24. The van der Waals surface area contributed by atoms with E-state index in [1.807, 2.05) is 11.0 Å². The van der Waals surface area contributed by atoms with Crippen molar-refractivity contribution in [1.29, 1.82) is 0 Å². The van der Waals surface area contributed by atoms with Gasteiger partial charge in [-0.25, -0.2) is 4.79 Å². The van der Waals surface area contributed by atoms with E-state index in [2.05, 4.69) is 17.2 Å². The second-order valence-corrected chi connectivity index (χ2v) is 6.94. The molecule has 1 amide bonds. The van der Waals surface area contributed by atoms with E-state index in [1.165, 1.54) is 6.42 Å². The Morgan fingerprint density at radius 2 is 1.89 bits per heavy atom. The lowest BCUT2D eigenvalue weighted by atomic mass is 9.99. The SMILES string of the molecule is CCOC(=O)c1ccc(Nc2cncc(C(=O)N3CCCCC3CC)c2)cc1. The van der Waals surface area contributed by atoms with Crippen molar-refractivity contribution in [2.24, 2.45) is 0 Å². The lowest BCUT2D eigenvalue weighted by molar-refractivity contribution is 0.0525. The van der Waals surface area contributed by atoms with Gasteiger partial charge in [0, 0.05) is 24.5 Å². The average molecular weight is 381 g/mol. The standard InChI is InChI=1S/C22H27N3O3/c1-3-20-7-5-6-12-25(20)21(26)17-13-19(15-23-14-17)24-18-10-8-16(9-11-18)22(27)28-4-2/h8-11,13-15,20,24H,3-7,12H2,1-2H3. The predicted octanol–water partition coefficient (Wildman–Crippen LogP) is 4.41. The number of ether oxygens (including phenoxy) is 1. The zero-order chi connectivity index (χ0) is 19.9. The first-order chi connectivity index (χ1) is 13.6. The molecule has 0 saturated carbocycles. The predicted molar refractivity (Wildman–Crippen MR) is 109 cm³/mol. The summed E-state index contributed by atoms with van der Waals surface area (Å²) in [6, 6.07) is 9.17. The molecule has 1 fully saturated rings. The van der Waals surface area contributed by atoms with Gasteiger partial charge in [-0.05, 0) is 62.9 Å². The minimum Gasteiger partial charge on any atom is -0.462 e. The van der Waals surface area contributed by atoms with Crippen LogP contribution in [0.5, 0.6) is 0 Å². The fourth-order valence-corrected chi connectivity index (χ4v) is 3.55. The van der Waals surface area contributed by atoms with Crippen molar-refractivity contribution in [2.75, 3.05) is 18.5 Å². The maximum absolute atomic E-state index is 13.0. The first-order valence-electron chi connectivity index (χ1n) is 9.92. The first kappa shape index (κ1) is 19.9. The minimum atomic E-state index is -0.338.